The van der Waals surface area contributed by atoms with E-state index in [4.69, 9.17) is 4.74 Å². The fourth-order valence-electron chi connectivity index (χ4n) is 3.12. The van der Waals surface area contributed by atoms with Crippen LogP contribution in [-0.4, -0.2) is 39.4 Å². The first kappa shape index (κ1) is 23.3. The third-order valence-corrected chi connectivity index (χ3v) is 5.85. The summed E-state index contributed by atoms with van der Waals surface area (Å²) >= 11 is 1.32. The Hall–Kier alpha value is -3.33. The van der Waals surface area contributed by atoms with Crippen molar-refractivity contribution in [2.45, 2.75) is 38.1 Å². The zero-order valence-electron chi connectivity index (χ0n) is 18.4. The molecular weight excluding hydrogens is 426 g/mol. The number of aromatic nitrogens is 3. The molecular formula is C23H27N5O3S. The molecule has 1 aromatic heterocycles. The minimum atomic E-state index is -0.207. The van der Waals surface area contributed by atoms with E-state index in [-0.39, 0.29) is 30.2 Å². The summed E-state index contributed by atoms with van der Waals surface area (Å²) in [4.78, 5) is 24.8. The number of hydrogen-bond donors (Lipinski definition) is 2. The van der Waals surface area contributed by atoms with Gasteiger partial charge in [-0.05, 0) is 43.7 Å². The number of nitrogens with one attached hydrogen (secondary N) is 2. The molecule has 0 aliphatic rings. The normalized spacial score (nSPS) is 11.6. The van der Waals surface area contributed by atoms with E-state index in [9.17, 15) is 9.59 Å². The van der Waals surface area contributed by atoms with Crippen LogP contribution < -0.4 is 15.4 Å². The fourth-order valence-corrected chi connectivity index (χ4v) is 3.95. The number of carbonyl (C=O) groups excluding carboxylic acids is 2. The molecule has 3 aromatic rings. The van der Waals surface area contributed by atoms with E-state index in [1.165, 1.54) is 11.8 Å². The zero-order valence-corrected chi connectivity index (χ0v) is 19.2. The molecule has 0 unspecified atom stereocenters. The van der Waals surface area contributed by atoms with E-state index in [0.717, 1.165) is 5.56 Å². The van der Waals surface area contributed by atoms with Crippen molar-refractivity contribution in [2.75, 3.05) is 12.9 Å². The van der Waals surface area contributed by atoms with Gasteiger partial charge in [-0.2, -0.15) is 0 Å². The molecule has 1 atom stereocenters. The molecule has 168 valence electrons. The van der Waals surface area contributed by atoms with Crippen LogP contribution >= 0.6 is 11.8 Å². The molecule has 9 heteroatoms. The largest absolute Gasteiger partial charge is 0.497 e. The highest BCUT2D eigenvalue weighted by atomic mass is 32.2. The van der Waals surface area contributed by atoms with Gasteiger partial charge in [0.1, 0.15) is 5.75 Å². The van der Waals surface area contributed by atoms with Gasteiger partial charge in [-0.15, -0.1) is 10.2 Å². The van der Waals surface area contributed by atoms with Crippen molar-refractivity contribution in [1.82, 2.24) is 25.4 Å². The number of nitrogens with zero attached hydrogens (tertiary/aromatic N) is 3. The summed E-state index contributed by atoms with van der Waals surface area (Å²) in [6.07, 6.45) is 0. The average molecular weight is 454 g/mol. The average Bonchev–Trinajstić information content (AvgIpc) is 3.23. The first-order valence-corrected chi connectivity index (χ1v) is 11.3. The molecule has 3 rings (SSSR count). The Balaban J connectivity index is 1.53. The Morgan fingerprint density at radius 1 is 1.09 bits per heavy atom. The fraction of sp³-hybridized carbons (Fsp3) is 0.304. The second kappa shape index (κ2) is 11.3. The maximum atomic E-state index is 12.4. The lowest BCUT2D eigenvalue weighted by Gasteiger charge is -2.14. The van der Waals surface area contributed by atoms with Crippen LogP contribution in [0.25, 0.3) is 0 Å². The van der Waals surface area contributed by atoms with Crippen molar-refractivity contribution in [3.8, 4) is 5.75 Å². The summed E-state index contributed by atoms with van der Waals surface area (Å²) in [5.74, 6) is 1.27. The second-order valence-electron chi connectivity index (χ2n) is 7.04. The molecule has 2 N–H and O–H groups in total. The van der Waals surface area contributed by atoms with Crippen LogP contribution in [0, 0.1) is 0 Å². The van der Waals surface area contributed by atoms with Gasteiger partial charge in [0.25, 0.3) is 5.91 Å². The number of benzene rings is 2. The summed E-state index contributed by atoms with van der Waals surface area (Å²) < 4.78 is 7.01. The van der Waals surface area contributed by atoms with Crippen LogP contribution in [0.4, 0.5) is 0 Å². The van der Waals surface area contributed by atoms with Gasteiger partial charge in [0.05, 0.1) is 25.4 Å². The number of amides is 2. The quantitative estimate of drug-likeness (QED) is 0.458. The number of thioether (sulfide) groups is 1. The maximum absolute atomic E-state index is 12.4. The van der Waals surface area contributed by atoms with Gasteiger partial charge < -0.3 is 19.9 Å². The summed E-state index contributed by atoms with van der Waals surface area (Å²) in [6.45, 7) is 4.80. The number of ether oxygens (including phenoxy) is 1. The summed E-state index contributed by atoms with van der Waals surface area (Å²) in [6, 6.07) is 16.6. The standard InChI is InChI=1S/C23H27N5O3S/c1-4-28-20(14-24-22(30)18-10-12-19(31-3)13-11-18)26-27-23(28)32-15-21(29)25-16(2)17-8-6-5-7-9-17/h5-13,16H,4,14-15H2,1-3H3,(H,24,30)(H,25,29)/t16-/m0/s1. The minimum Gasteiger partial charge on any atom is -0.497 e. The van der Waals surface area contributed by atoms with E-state index < -0.39 is 0 Å². The Bertz CT molecular complexity index is 1040. The summed E-state index contributed by atoms with van der Waals surface area (Å²) in [5, 5.41) is 14.9. The topological polar surface area (TPSA) is 98.1 Å². The third-order valence-electron chi connectivity index (χ3n) is 4.88. The molecule has 0 saturated carbocycles. The number of hydrogen-bond acceptors (Lipinski definition) is 6. The van der Waals surface area contributed by atoms with E-state index in [1.807, 2.05) is 48.7 Å². The predicted molar refractivity (Wildman–Crippen MR) is 124 cm³/mol. The molecule has 0 aliphatic heterocycles. The lowest BCUT2D eigenvalue weighted by molar-refractivity contribution is -0.119. The van der Waals surface area contributed by atoms with Crippen molar-refractivity contribution < 1.29 is 14.3 Å². The van der Waals surface area contributed by atoms with E-state index in [0.29, 0.717) is 28.8 Å². The number of methoxy groups -OCH3 is 1. The van der Waals surface area contributed by atoms with Gasteiger partial charge in [-0.1, -0.05) is 42.1 Å². The van der Waals surface area contributed by atoms with E-state index in [1.54, 1.807) is 31.4 Å². The van der Waals surface area contributed by atoms with Crippen LogP contribution in [-0.2, 0) is 17.9 Å². The Morgan fingerprint density at radius 3 is 2.47 bits per heavy atom. The van der Waals surface area contributed by atoms with Gasteiger partial charge in [0, 0.05) is 12.1 Å². The summed E-state index contributed by atoms with van der Waals surface area (Å²) in [5.41, 5.74) is 1.59. The van der Waals surface area contributed by atoms with Crippen LogP contribution in [0.1, 0.15) is 41.6 Å². The molecule has 8 nitrogen and oxygen atoms in total. The van der Waals surface area contributed by atoms with E-state index >= 15 is 0 Å². The lowest BCUT2D eigenvalue weighted by atomic mass is 10.1. The Kier molecular flexibility index (Phi) is 8.27. The van der Waals surface area contributed by atoms with Crippen molar-refractivity contribution in [1.29, 1.82) is 0 Å². The molecule has 0 aliphatic carbocycles. The predicted octanol–water partition coefficient (Wildman–Crippen LogP) is 3.21. The molecule has 0 spiro atoms. The van der Waals surface area contributed by atoms with Gasteiger partial charge in [0.15, 0.2) is 11.0 Å². The van der Waals surface area contributed by atoms with Crippen LogP contribution in [0.3, 0.4) is 0 Å². The van der Waals surface area contributed by atoms with Gasteiger partial charge in [0.2, 0.25) is 5.91 Å². The first-order valence-electron chi connectivity index (χ1n) is 10.3. The molecule has 0 radical (unpaired) electrons. The second-order valence-corrected chi connectivity index (χ2v) is 7.99. The van der Waals surface area contributed by atoms with Crippen LogP contribution in [0.15, 0.2) is 59.8 Å². The van der Waals surface area contributed by atoms with Crippen molar-refractivity contribution in [3.05, 3.63) is 71.5 Å². The third kappa shape index (κ3) is 6.10. The SMILES string of the molecule is CCn1c(CNC(=O)c2ccc(OC)cc2)nnc1SCC(=O)N[C@@H](C)c1ccccc1. The first-order chi connectivity index (χ1) is 15.5. The van der Waals surface area contributed by atoms with Crippen molar-refractivity contribution >= 4 is 23.6 Å². The number of rotatable bonds is 10. The van der Waals surface area contributed by atoms with Gasteiger partial charge in [-0.25, -0.2) is 0 Å². The molecule has 2 amide bonds. The molecule has 0 fully saturated rings. The van der Waals surface area contributed by atoms with Crippen molar-refractivity contribution in [3.63, 3.8) is 0 Å². The summed E-state index contributed by atoms with van der Waals surface area (Å²) in [7, 11) is 1.58. The molecule has 1 heterocycles. The zero-order chi connectivity index (χ0) is 22.9. The smallest absolute Gasteiger partial charge is 0.251 e. The molecule has 0 saturated heterocycles. The highest BCUT2D eigenvalue weighted by molar-refractivity contribution is 7.99. The molecule has 2 aromatic carbocycles. The van der Waals surface area contributed by atoms with Gasteiger partial charge in [-0.3, -0.25) is 9.59 Å². The Morgan fingerprint density at radius 2 is 1.81 bits per heavy atom. The lowest BCUT2D eigenvalue weighted by Crippen LogP contribution is -2.28. The van der Waals surface area contributed by atoms with Crippen molar-refractivity contribution in [2.24, 2.45) is 0 Å². The molecule has 32 heavy (non-hydrogen) atoms. The highest BCUT2D eigenvalue weighted by Gasteiger charge is 2.16. The van der Waals surface area contributed by atoms with Crippen LogP contribution in [0.2, 0.25) is 0 Å². The highest BCUT2D eigenvalue weighted by Crippen LogP contribution is 2.18. The monoisotopic (exact) mass is 453 g/mol. The maximum Gasteiger partial charge on any atom is 0.251 e. The minimum absolute atomic E-state index is 0.0722. The Labute approximate surface area is 191 Å². The van der Waals surface area contributed by atoms with Crippen LogP contribution in [0.5, 0.6) is 5.75 Å². The number of carbonyl (C=O) groups is 2. The van der Waals surface area contributed by atoms with E-state index in [2.05, 4.69) is 20.8 Å². The molecule has 0 bridgehead atoms. The van der Waals surface area contributed by atoms with Gasteiger partial charge >= 0.3 is 0 Å².